The summed E-state index contributed by atoms with van der Waals surface area (Å²) < 4.78 is 78.6. The normalized spacial score (nSPS) is 11.4. The largest absolute Gasteiger partial charge is 0.379 e. The highest BCUT2D eigenvalue weighted by Gasteiger charge is 2.21. The number of hydrogen-bond acceptors (Lipinski definition) is 6. The van der Waals surface area contributed by atoms with Crippen molar-refractivity contribution >= 4 is 21.4 Å². The lowest BCUT2D eigenvalue weighted by atomic mass is 10.3. The van der Waals surface area contributed by atoms with E-state index < -0.39 is 57.3 Å². The number of anilines is 1. The average Bonchev–Trinajstić information content (AvgIpc) is 2.59. The molecule has 0 saturated heterocycles. The maximum atomic E-state index is 13.4. The van der Waals surface area contributed by atoms with Crippen LogP contribution in [0, 0.1) is 33.6 Å². The summed E-state index contributed by atoms with van der Waals surface area (Å²) in [4.78, 5) is 11.9. The molecular weight excluding hydrogens is 384 g/mol. The molecule has 0 amide bonds. The van der Waals surface area contributed by atoms with Crippen LogP contribution in [0.3, 0.4) is 0 Å². The number of hydrogen-bond donors (Lipinski definition) is 2. The lowest BCUT2D eigenvalue weighted by Gasteiger charge is -2.10. The summed E-state index contributed by atoms with van der Waals surface area (Å²) in [5, 5.41) is 12.5. The van der Waals surface area contributed by atoms with Crippen molar-refractivity contribution in [2.24, 2.45) is 0 Å². The standard InChI is InChI=1S/C13H10F4N4O4S/c14-9-11(10(15)13(17)20-12(9)16)18-5-6-19-26(24,25)8-3-1-7(2-4-8)21(22)23/h1-4,19H,5-6H2,(H,18,20). The lowest BCUT2D eigenvalue weighted by Crippen LogP contribution is -2.29. The number of nitro benzene ring substituents is 1. The van der Waals surface area contributed by atoms with Gasteiger partial charge in [0.05, 0.1) is 9.82 Å². The van der Waals surface area contributed by atoms with Gasteiger partial charge in [0, 0.05) is 25.2 Å². The Morgan fingerprint density at radius 3 is 2.04 bits per heavy atom. The number of nitrogens with zero attached hydrogens (tertiary/aromatic N) is 2. The van der Waals surface area contributed by atoms with Crippen LogP contribution in [0.2, 0.25) is 0 Å². The van der Waals surface area contributed by atoms with E-state index in [0.717, 1.165) is 24.3 Å². The Morgan fingerprint density at radius 2 is 1.54 bits per heavy atom. The van der Waals surface area contributed by atoms with E-state index in [4.69, 9.17) is 0 Å². The number of aromatic nitrogens is 1. The van der Waals surface area contributed by atoms with Gasteiger partial charge in [-0.05, 0) is 12.1 Å². The van der Waals surface area contributed by atoms with Crippen LogP contribution in [0.5, 0.6) is 0 Å². The first-order valence-corrected chi connectivity index (χ1v) is 8.30. The molecule has 13 heteroatoms. The molecule has 0 spiro atoms. The van der Waals surface area contributed by atoms with Crippen molar-refractivity contribution in [2.75, 3.05) is 18.4 Å². The highest BCUT2D eigenvalue weighted by molar-refractivity contribution is 7.89. The average molecular weight is 394 g/mol. The molecule has 1 aromatic carbocycles. The molecule has 140 valence electrons. The molecule has 2 N–H and O–H groups in total. The van der Waals surface area contributed by atoms with Crippen molar-refractivity contribution in [1.82, 2.24) is 9.71 Å². The Bertz CT molecular complexity index is 912. The zero-order valence-electron chi connectivity index (χ0n) is 12.7. The molecule has 1 heterocycles. The number of benzene rings is 1. The predicted molar refractivity (Wildman–Crippen MR) is 80.8 cm³/mol. The SMILES string of the molecule is O=[N+]([O-])c1ccc(S(=O)(=O)NCCNc2c(F)c(F)nc(F)c2F)cc1. The van der Waals surface area contributed by atoms with Gasteiger partial charge >= 0.3 is 0 Å². The lowest BCUT2D eigenvalue weighted by molar-refractivity contribution is -0.384. The molecule has 0 radical (unpaired) electrons. The van der Waals surface area contributed by atoms with E-state index in [-0.39, 0.29) is 10.6 Å². The fraction of sp³-hybridized carbons (Fsp3) is 0.154. The molecule has 0 fully saturated rings. The van der Waals surface area contributed by atoms with Gasteiger partial charge in [-0.1, -0.05) is 0 Å². The third kappa shape index (κ3) is 4.23. The molecule has 8 nitrogen and oxygen atoms in total. The zero-order valence-corrected chi connectivity index (χ0v) is 13.5. The van der Waals surface area contributed by atoms with Gasteiger partial charge in [-0.15, -0.1) is 0 Å². The fourth-order valence-corrected chi connectivity index (χ4v) is 2.88. The minimum absolute atomic E-state index is 0.276. The Labute approximate surface area is 144 Å². The molecular formula is C13H10F4N4O4S. The quantitative estimate of drug-likeness (QED) is 0.244. The van der Waals surface area contributed by atoms with Gasteiger partial charge in [-0.25, -0.2) is 13.1 Å². The molecule has 0 aliphatic heterocycles. The van der Waals surface area contributed by atoms with E-state index in [2.05, 4.69) is 9.71 Å². The second kappa shape index (κ2) is 7.61. The van der Waals surface area contributed by atoms with Gasteiger partial charge in [-0.3, -0.25) is 10.1 Å². The molecule has 0 saturated carbocycles. The van der Waals surface area contributed by atoms with Gasteiger partial charge in [-0.2, -0.15) is 22.5 Å². The maximum absolute atomic E-state index is 13.4. The predicted octanol–water partition coefficient (Wildman–Crippen LogP) is 1.94. The third-order valence-electron chi connectivity index (χ3n) is 3.07. The number of pyridine rings is 1. The molecule has 0 bridgehead atoms. The van der Waals surface area contributed by atoms with Crippen molar-refractivity contribution in [3.05, 3.63) is 57.9 Å². The number of non-ortho nitro benzene ring substituents is 1. The van der Waals surface area contributed by atoms with E-state index in [1.807, 2.05) is 5.32 Å². The van der Waals surface area contributed by atoms with Crippen LogP contribution >= 0.6 is 0 Å². The van der Waals surface area contributed by atoms with Crippen molar-refractivity contribution < 1.29 is 30.9 Å². The Balaban J connectivity index is 2.00. The Kier molecular flexibility index (Phi) is 5.72. The van der Waals surface area contributed by atoms with Crippen molar-refractivity contribution in [1.29, 1.82) is 0 Å². The minimum Gasteiger partial charge on any atom is -0.379 e. The molecule has 2 aromatic rings. The molecule has 0 unspecified atom stereocenters. The van der Waals surface area contributed by atoms with Crippen molar-refractivity contribution in [3.8, 4) is 0 Å². The first kappa shape index (κ1) is 19.5. The molecule has 1 aromatic heterocycles. The van der Waals surface area contributed by atoms with Crippen LogP contribution in [0.15, 0.2) is 29.2 Å². The smallest absolute Gasteiger partial charge is 0.269 e. The molecule has 26 heavy (non-hydrogen) atoms. The maximum Gasteiger partial charge on any atom is 0.269 e. The highest BCUT2D eigenvalue weighted by Crippen LogP contribution is 2.21. The van der Waals surface area contributed by atoms with Gasteiger partial charge in [0.25, 0.3) is 17.6 Å². The second-order valence-corrected chi connectivity index (χ2v) is 6.54. The number of sulfonamides is 1. The van der Waals surface area contributed by atoms with Crippen LogP contribution in [0.1, 0.15) is 0 Å². The summed E-state index contributed by atoms with van der Waals surface area (Å²) >= 11 is 0. The van der Waals surface area contributed by atoms with Crippen molar-refractivity contribution in [2.45, 2.75) is 4.90 Å². The summed E-state index contributed by atoms with van der Waals surface area (Å²) in [6, 6.07) is 3.97. The van der Waals surface area contributed by atoms with E-state index in [1.54, 1.807) is 0 Å². The second-order valence-electron chi connectivity index (χ2n) is 4.77. The summed E-state index contributed by atoms with van der Waals surface area (Å²) in [5.74, 6) is -7.19. The number of nitro groups is 1. The number of rotatable bonds is 7. The van der Waals surface area contributed by atoms with Crippen LogP contribution in [-0.4, -0.2) is 31.4 Å². The van der Waals surface area contributed by atoms with Crippen molar-refractivity contribution in [3.63, 3.8) is 0 Å². The molecule has 0 atom stereocenters. The van der Waals surface area contributed by atoms with Crippen LogP contribution in [0.4, 0.5) is 28.9 Å². The highest BCUT2D eigenvalue weighted by atomic mass is 32.2. The Hall–Kier alpha value is -2.80. The zero-order chi connectivity index (χ0) is 19.5. The van der Waals surface area contributed by atoms with E-state index in [9.17, 15) is 36.1 Å². The van der Waals surface area contributed by atoms with Crippen LogP contribution < -0.4 is 10.0 Å². The van der Waals surface area contributed by atoms with Gasteiger partial charge in [0.2, 0.25) is 21.7 Å². The monoisotopic (exact) mass is 394 g/mol. The first-order valence-electron chi connectivity index (χ1n) is 6.81. The number of nitrogens with one attached hydrogen (secondary N) is 2. The van der Waals surface area contributed by atoms with E-state index >= 15 is 0 Å². The summed E-state index contributed by atoms with van der Waals surface area (Å²) in [6.45, 7) is -0.813. The van der Waals surface area contributed by atoms with Gasteiger partial charge in [0.1, 0.15) is 5.69 Å². The topological polar surface area (TPSA) is 114 Å². The Morgan fingerprint density at radius 1 is 1.00 bits per heavy atom. The van der Waals surface area contributed by atoms with Gasteiger partial charge < -0.3 is 5.32 Å². The van der Waals surface area contributed by atoms with E-state index in [0.29, 0.717) is 0 Å². The molecule has 2 rings (SSSR count). The summed E-state index contributed by atoms with van der Waals surface area (Å²) in [5.41, 5.74) is -1.43. The van der Waals surface area contributed by atoms with Gasteiger partial charge in [0.15, 0.2) is 0 Å². The third-order valence-corrected chi connectivity index (χ3v) is 4.55. The number of halogens is 4. The van der Waals surface area contributed by atoms with E-state index in [1.165, 1.54) is 0 Å². The fourth-order valence-electron chi connectivity index (χ4n) is 1.85. The summed E-state index contributed by atoms with van der Waals surface area (Å²) in [7, 11) is -4.05. The molecule has 0 aliphatic carbocycles. The minimum atomic E-state index is -4.05. The van der Waals surface area contributed by atoms with Crippen LogP contribution in [0.25, 0.3) is 0 Å². The summed E-state index contributed by atoms with van der Waals surface area (Å²) in [6.07, 6.45) is 0. The van der Waals surface area contributed by atoms with Crippen LogP contribution in [-0.2, 0) is 10.0 Å². The molecule has 0 aliphatic rings. The first-order chi connectivity index (χ1) is 12.1.